The first-order valence-corrected chi connectivity index (χ1v) is 6.46. The summed E-state index contributed by atoms with van der Waals surface area (Å²) in [5.41, 5.74) is 0.788. The second-order valence-corrected chi connectivity index (χ2v) is 4.87. The second-order valence-electron chi connectivity index (χ2n) is 3.72. The zero-order valence-electron chi connectivity index (χ0n) is 9.87. The minimum Gasteiger partial charge on any atom is -0.288 e. The van der Waals surface area contributed by atoms with Crippen molar-refractivity contribution in [3.63, 3.8) is 0 Å². The van der Waals surface area contributed by atoms with E-state index in [2.05, 4.69) is 11.8 Å². The van der Waals surface area contributed by atoms with Gasteiger partial charge < -0.3 is 0 Å². The Bertz CT molecular complexity index is 652. The third kappa shape index (κ3) is 2.91. The molecule has 0 saturated carbocycles. The number of hydrogen-bond acceptors (Lipinski definition) is 2. The molecule has 90 valence electrons. The highest BCUT2D eigenvalue weighted by molar-refractivity contribution is 8.13. The lowest BCUT2D eigenvalue weighted by Crippen LogP contribution is -1.85. The van der Waals surface area contributed by atoms with Gasteiger partial charge in [0.15, 0.2) is 5.12 Å². The van der Waals surface area contributed by atoms with Crippen LogP contribution in [-0.4, -0.2) is 10.9 Å². The molecule has 0 radical (unpaired) electrons. The van der Waals surface area contributed by atoms with E-state index in [9.17, 15) is 9.18 Å². The topological polar surface area (TPSA) is 17.1 Å². The van der Waals surface area contributed by atoms with Crippen LogP contribution >= 0.6 is 11.8 Å². The number of benzene rings is 2. The van der Waals surface area contributed by atoms with Gasteiger partial charge in [-0.15, -0.1) is 0 Å². The monoisotopic (exact) mass is 258 g/mol. The van der Waals surface area contributed by atoms with Crippen LogP contribution in [0.2, 0.25) is 0 Å². The third-order valence-corrected chi connectivity index (χ3v) is 3.14. The number of carbonyl (C=O) groups is 1. The molecule has 0 aromatic heterocycles. The molecule has 0 N–H and O–H groups in total. The fraction of sp³-hybridized carbons (Fsp3) is 0.133. The minimum absolute atomic E-state index is 0.0493. The molecule has 0 atom stereocenters. The van der Waals surface area contributed by atoms with Gasteiger partial charge in [0.05, 0.1) is 5.75 Å². The van der Waals surface area contributed by atoms with E-state index in [4.69, 9.17) is 0 Å². The van der Waals surface area contributed by atoms with E-state index < -0.39 is 0 Å². The van der Waals surface area contributed by atoms with E-state index in [1.165, 1.54) is 24.8 Å². The maximum atomic E-state index is 13.6. The molecular formula is C15H11FOS. The summed E-state index contributed by atoms with van der Waals surface area (Å²) in [6.45, 7) is 1.51. The van der Waals surface area contributed by atoms with Crippen molar-refractivity contribution < 1.29 is 9.18 Å². The summed E-state index contributed by atoms with van der Waals surface area (Å²) in [4.78, 5) is 10.8. The van der Waals surface area contributed by atoms with Crippen molar-refractivity contribution in [3.05, 3.63) is 47.8 Å². The number of thioether (sulfide) groups is 1. The Morgan fingerprint density at radius 3 is 2.67 bits per heavy atom. The van der Waals surface area contributed by atoms with Gasteiger partial charge in [0.1, 0.15) is 5.82 Å². The van der Waals surface area contributed by atoms with Crippen LogP contribution in [-0.2, 0) is 4.79 Å². The lowest BCUT2D eigenvalue weighted by atomic mass is 10.0. The fourth-order valence-electron chi connectivity index (χ4n) is 1.64. The van der Waals surface area contributed by atoms with Crippen molar-refractivity contribution in [2.45, 2.75) is 6.92 Å². The molecule has 0 aliphatic rings. The van der Waals surface area contributed by atoms with Crippen LogP contribution < -0.4 is 0 Å². The highest BCUT2D eigenvalue weighted by Crippen LogP contribution is 2.21. The minimum atomic E-state index is -0.241. The van der Waals surface area contributed by atoms with Crippen LogP contribution in [0.25, 0.3) is 10.8 Å². The lowest BCUT2D eigenvalue weighted by Gasteiger charge is -2.01. The Morgan fingerprint density at radius 2 is 1.94 bits per heavy atom. The molecule has 18 heavy (non-hydrogen) atoms. The average Bonchev–Trinajstić information content (AvgIpc) is 2.37. The molecule has 3 heteroatoms. The standard InChI is InChI=1S/C15H11FOS/c1-11(17)18-10-4-5-12-8-9-15(16)14-7-3-2-6-13(12)14/h2-3,6-9H,10H2,1H3. The van der Waals surface area contributed by atoms with Crippen molar-refractivity contribution >= 4 is 27.6 Å². The van der Waals surface area contributed by atoms with Gasteiger partial charge in [-0.1, -0.05) is 47.9 Å². The number of hydrogen-bond donors (Lipinski definition) is 0. The number of halogens is 1. The molecule has 0 unspecified atom stereocenters. The quantitative estimate of drug-likeness (QED) is 0.727. The predicted octanol–water partition coefficient (Wildman–Crippen LogP) is 3.61. The van der Waals surface area contributed by atoms with Gasteiger partial charge in [0.2, 0.25) is 0 Å². The van der Waals surface area contributed by atoms with E-state index in [1.807, 2.05) is 12.1 Å². The Labute approximate surface area is 109 Å². The molecular weight excluding hydrogens is 247 g/mol. The summed E-state index contributed by atoms with van der Waals surface area (Å²) in [6.07, 6.45) is 0. The summed E-state index contributed by atoms with van der Waals surface area (Å²) in [5, 5.41) is 1.43. The normalized spacial score (nSPS) is 9.89. The van der Waals surface area contributed by atoms with E-state index in [-0.39, 0.29) is 10.9 Å². The summed E-state index contributed by atoms with van der Waals surface area (Å²) in [6, 6.07) is 10.3. The molecule has 2 aromatic carbocycles. The first-order valence-electron chi connectivity index (χ1n) is 5.48. The fourth-order valence-corrected chi connectivity index (χ4v) is 1.99. The van der Waals surface area contributed by atoms with E-state index in [0.29, 0.717) is 11.1 Å². The maximum absolute atomic E-state index is 13.6. The number of rotatable bonds is 1. The van der Waals surface area contributed by atoms with Gasteiger partial charge in [-0.3, -0.25) is 4.79 Å². The summed E-state index contributed by atoms with van der Waals surface area (Å²) >= 11 is 1.17. The van der Waals surface area contributed by atoms with Crippen LogP contribution in [0, 0.1) is 17.7 Å². The van der Waals surface area contributed by atoms with E-state index >= 15 is 0 Å². The van der Waals surface area contributed by atoms with Crippen molar-refractivity contribution in [1.29, 1.82) is 0 Å². The van der Waals surface area contributed by atoms with Gasteiger partial charge in [-0.2, -0.15) is 0 Å². The first-order chi connectivity index (χ1) is 8.68. The zero-order chi connectivity index (χ0) is 13.0. The van der Waals surface area contributed by atoms with Crippen molar-refractivity contribution in [2.24, 2.45) is 0 Å². The van der Waals surface area contributed by atoms with Crippen LogP contribution in [0.15, 0.2) is 36.4 Å². The SMILES string of the molecule is CC(=O)SCC#Cc1ccc(F)c2ccccc12. The van der Waals surface area contributed by atoms with Gasteiger partial charge in [-0.25, -0.2) is 4.39 Å². The third-order valence-electron chi connectivity index (χ3n) is 2.44. The van der Waals surface area contributed by atoms with Crippen molar-refractivity contribution in [1.82, 2.24) is 0 Å². The average molecular weight is 258 g/mol. The van der Waals surface area contributed by atoms with Crippen LogP contribution in [0.1, 0.15) is 12.5 Å². The molecule has 0 heterocycles. The molecule has 0 aliphatic heterocycles. The van der Waals surface area contributed by atoms with Gasteiger partial charge >= 0.3 is 0 Å². The van der Waals surface area contributed by atoms with Crippen LogP contribution in [0.4, 0.5) is 4.39 Å². The Kier molecular flexibility index (Phi) is 4.01. The second kappa shape index (κ2) is 5.70. The summed E-state index contributed by atoms with van der Waals surface area (Å²) < 4.78 is 13.6. The zero-order valence-corrected chi connectivity index (χ0v) is 10.7. The number of fused-ring (bicyclic) bond motifs is 1. The molecule has 0 fully saturated rings. The van der Waals surface area contributed by atoms with E-state index in [1.54, 1.807) is 18.2 Å². The van der Waals surface area contributed by atoms with Gasteiger partial charge in [-0.05, 0) is 12.1 Å². The Hall–Kier alpha value is -1.79. The molecule has 0 saturated heterocycles. The predicted molar refractivity (Wildman–Crippen MR) is 73.9 cm³/mol. The number of carbonyl (C=O) groups excluding carboxylic acids is 1. The lowest BCUT2D eigenvalue weighted by molar-refractivity contribution is -0.109. The van der Waals surface area contributed by atoms with Crippen molar-refractivity contribution in [2.75, 3.05) is 5.75 Å². The maximum Gasteiger partial charge on any atom is 0.186 e. The molecule has 0 bridgehead atoms. The largest absolute Gasteiger partial charge is 0.288 e. The van der Waals surface area contributed by atoms with Crippen LogP contribution in [0.3, 0.4) is 0 Å². The molecule has 0 spiro atoms. The van der Waals surface area contributed by atoms with E-state index in [0.717, 1.165) is 10.9 Å². The Morgan fingerprint density at radius 1 is 1.22 bits per heavy atom. The van der Waals surface area contributed by atoms with Gasteiger partial charge in [0.25, 0.3) is 0 Å². The molecule has 1 nitrogen and oxygen atoms in total. The summed E-state index contributed by atoms with van der Waals surface area (Å²) in [5.74, 6) is 6.11. The van der Waals surface area contributed by atoms with Gasteiger partial charge in [0, 0.05) is 23.3 Å². The molecule has 2 rings (SSSR count). The molecule has 0 aliphatic carbocycles. The molecule has 0 amide bonds. The molecule has 2 aromatic rings. The van der Waals surface area contributed by atoms with Crippen molar-refractivity contribution in [3.8, 4) is 11.8 Å². The first kappa shape index (κ1) is 12.7. The van der Waals surface area contributed by atoms with Crippen LogP contribution in [0.5, 0.6) is 0 Å². The highest BCUT2D eigenvalue weighted by Gasteiger charge is 2.02. The summed E-state index contributed by atoms with van der Waals surface area (Å²) in [7, 11) is 0. The smallest absolute Gasteiger partial charge is 0.186 e. The highest BCUT2D eigenvalue weighted by atomic mass is 32.2. The Balaban J connectivity index is 2.34.